The first-order valence-electron chi connectivity index (χ1n) is 6.07. The third kappa shape index (κ3) is 3.86. The molecule has 0 unspecified atom stereocenters. The molecule has 0 aliphatic heterocycles. The maximum Gasteiger partial charge on any atom is 0.291 e. The highest BCUT2D eigenvalue weighted by Gasteiger charge is 2.08. The quantitative estimate of drug-likeness (QED) is 0.781. The summed E-state index contributed by atoms with van der Waals surface area (Å²) in [5.41, 5.74) is 6.05. The lowest BCUT2D eigenvalue weighted by Crippen LogP contribution is -2.11. The van der Waals surface area contributed by atoms with E-state index >= 15 is 0 Å². The van der Waals surface area contributed by atoms with Crippen LogP contribution in [0.2, 0.25) is 0 Å². The number of nitrogens with two attached hydrogens (primary N) is 1. The normalized spacial score (nSPS) is 10.2. The second kappa shape index (κ2) is 6.61. The Labute approximate surface area is 111 Å². The smallest absolute Gasteiger partial charge is 0.291 e. The molecule has 0 radical (unpaired) electrons. The zero-order valence-electron chi connectivity index (χ0n) is 10.5. The van der Waals surface area contributed by atoms with Crippen LogP contribution in [0.3, 0.4) is 0 Å². The summed E-state index contributed by atoms with van der Waals surface area (Å²) in [5, 5.41) is 2.74. The van der Waals surface area contributed by atoms with Crippen LogP contribution in [-0.2, 0) is 0 Å². The highest BCUT2D eigenvalue weighted by molar-refractivity contribution is 6.02. The number of nitrogens with one attached hydrogen (secondary N) is 1. The van der Waals surface area contributed by atoms with Gasteiger partial charge in [0.2, 0.25) is 0 Å². The molecule has 0 aliphatic carbocycles. The van der Waals surface area contributed by atoms with Crippen molar-refractivity contribution >= 4 is 11.6 Å². The largest absolute Gasteiger partial charge is 0.493 e. The molecule has 2 rings (SSSR count). The molecule has 19 heavy (non-hydrogen) atoms. The van der Waals surface area contributed by atoms with Crippen LogP contribution in [0.4, 0.5) is 5.69 Å². The molecule has 1 aromatic heterocycles. The maximum absolute atomic E-state index is 11.8. The monoisotopic (exact) mass is 260 g/mol. The van der Waals surface area contributed by atoms with E-state index in [0.717, 1.165) is 6.42 Å². The number of furan rings is 1. The van der Waals surface area contributed by atoms with Gasteiger partial charge in [-0.1, -0.05) is 6.07 Å². The standard InChI is InChI=1S/C14H16N2O3/c15-7-3-9-18-12-5-1-4-11(10-12)16-14(17)13-6-2-8-19-13/h1-2,4-6,8,10H,3,7,9,15H2,(H,16,17). The Kier molecular flexibility index (Phi) is 4.58. The molecule has 0 saturated carbocycles. The minimum Gasteiger partial charge on any atom is -0.493 e. The first kappa shape index (κ1) is 13.2. The molecule has 0 saturated heterocycles. The summed E-state index contributed by atoms with van der Waals surface area (Å²) in [5.74, 6) is 0.684. The van der Waals surface area contributed by atoms with Crippen molar-refractivity contribution < 1.29 is 13.9 Å². The van der Waals surface area contributed by atoms with E-state index in [1.165, 1.54) is 6.26 Å². The van der Waals surface area contributed by atoms with Crippen molar-refractivity contribution in [1.82, 2.24) is 0 Å². The molecule has 0 atom stereocenters. The van der Waals surface area contributed by atoms with Crippen LogP contribution >= 0.6 is 0 Å². The third-order valence-corrected chi connectivity index (χ3v) is 2.45. The van der Waals surface area contributed by atoms with Gasteiger partial charge in [0.15, 0.2) is 5.76 Å². The van der Waals surface area contributed by atoms with Gasteiger partial charge in [-0.25, -0.2) is 0 Å². The number of anilines is 1. The van der Waals surface area contributed by atoms with Crippen LogP contribution in [0.25, 0.3) is 0 Å². The summed E-state index contributed by atoms with van der Waals surface area (Å²) in [6.07, 6.45) is 2.25. The lowest BCUT2D eigenvalue weighted by molar-refractivity contribution is 0.0996. The Morgan fingerprint density at radius 2 is 2.21 bits per heavy atom. The Morgan fingerprint density at radius 1 is 1.32 bits per heavy atom. The lowest BCUT2D eigenvalue weighted by Gasteiger charge is -2.08. The maximum atomic E-state index is 11.8. The molecule has 2 aromatic rings. The van der Waals surface area contributed by atoms with Crippen molar-refractivity contribution in [2.75, 3.05) is 18.5 Å². The minimum absolute atomic E-state index is 0.273. The van der Waals surface area contributed by atoms with Gasteiger partial charge in [0.1, 0.15) is 5.75 Å². The van der Waals surface area contributed by atoms with Gasteiger partial charge in [0.25, 0.3) is 5.91 Å². The first-order chi connectivity index (χ1) is 9.29. The van der Waals surface area contributed by atoms with Gasteiger partial charge in [-0.2, -0.15) is 0 Å². The van der Waals surface area contributed by atoms with Crippen LogP contribution in [0, 0.1) is 0 Å². The average Bonchev–Trinajstić information content (AvgIpc) is 2.93. The van der Waals surface area contributed by atoms with Gasteiger partial charge in [-0.15, -0.1) is 0 Å². The Morgan fingerprint density at radius 3 is 2.95 bits per heavy atom. The summed E-state index contributed by atoms with van der Waals surface area (Å²) < 4.78 is 10.5. The predicted molar refractivity (Wildman–Crippen MR) is 72.3 cm³/mol. The highest BCUT2D eigenvalue weighted by Crippen LogP contribution is 2.18. The number of hydrogen-bond donors (Lipinski definition) is 2. The second-order valence-electron chi connectivity index (χ2n) is 3.95. The molecule has 5 heteroatoms. The van der Waals surface area contributed by atoms with Crippen molar-refractivity contribution in [3.05, 3.63) is 48.4 Å². The molecule has 0 fully saturated rings. The molecule has 3 N–H and O–H groups in total. The summed E-state index contributed by atoms with van der Waals surface area (Å²) in [6.45, 7) is 1.15. The lowest BCUT2D eigenvalue weighted by atomic mass is 10.3. The van der Waals surface area contributed by atoms with Gasteiger partial charge in [0, 0.05) is 11.8 Å². The molecule has 1 aromatic carbocycles. The molecule has 1 amide bonds. The molecular formula is C14H16N2O3. The molecule has 0 bridgehead atoms. The SMILES string of the molecule is NCCCOc1cccc(NC(=O)c2ccco2)c1. The zero-order valence-corrected chi connectivity index (χ0v) is 10.5. The van der Waals surface area contributed by atoms with E-state index in [9.17, 15) is 4.79 Å². The molecule has 0 aliphatic rings. The van der Waals surface area contributed by atoms with Crippen molar-refractivity contribution in [3.8, 4) is 5.75 Å². The van der Waals surface area contributed by atoms with Gasteiger partial charge in [0.05, 0.1) is 12.9 Å². The van der Waals surface area contributed by atoms with E-state index in [-0.39, 0.29) is 11.7 Å². The highest BCUT2D eigenvalue weighted by atomic mass is 16.5. The minimum atomic E-state index is -0.288. The summed E-state index contributed by atoms with van der Waals surface area (Å²) in [6, 6.07) is 10.5. The Balaban J connectivity index is 1.97. The Hall–Kier alpha value is -2.27. The van der Waals surface area contributed by atoms with E-state index in [1.54, 1.807) is 24.3 Å². The number of benzene rings is 1. The fourth-order valence-electron chi connectivity index (χ4n) is 1.54. The fourth-order valence-corrected chi connectivity index (χ4v) is 1.54. The summed E-state index contributed by atoms with van der Waals surface area (Å²) in [4.78, 5) is 11.8. The van der Waals surface area contributed by atoms with Gasteiger partial charge >= 0.3 is 0 Å². The number of carbonyl (C=O) groups excluding carboxylic acids is 1. The van der Waals surface area contributed by atoms with E-state index < -0.39 is 0 Å². The topological polar surface area (TPSA) is 77.5 Å². The molecule has 100 valence electrons. The van der Waals surface area contributed by atoms with Crippen LogP contribution < -0.4 is 15.8 Å². The molecule has 0 spiro atoms. The van der Waals surface area contributed by atoms with Crippen molar-refractivity contribution in [2.45, 2.75) is 6.42 Å². The van der Waals surface area contributed by atoms with Gasteiger partial charge in [-0.05, 0) is 37.2 Å². The van der Waals surface area contributed by atoms with E-state index in [0.29, 0.717) is 24.6 Å². The molecule has 5 nitrogen and oxygen atoms in total. The number of rotatable bonds is 6. The van der Waals surface area contributed by atoms with Crippen molar-refractivity contribution in [2.24, 2.45) is 5.73 Å². The number of amides is 1. The van der Waals surface area contributed by atoms with Crippen molar-refractivity contribution in [1.29, 1.82) is 0 Å². The zero-order chi connectivity index (χ0) is 13.5. The molecule has 1 heterocycles. The first-order valence-corrected chi connectivity index (χ1v) is 6.07. The predicted octanol–water partition coefficient (Wildman–Crippen LogP) is 2.26. The third-order valence-electron chi connectivity index (χ3n) is 2.45. The number of ether oxygens (including phenoxy) is 1. The molecular weight excluding hydrogens is 244 g/mol. The second-order valence-corrected chi connectivity index (χ2v) is 3.95. The Bertz CT molecular complexity index is 523. The number of hydrogen-bond acceptors (Lipinski definition) is 4. The van der Waals surface area contributed by atoms with E-state index in [2.05, 4.69) is 5.32 Å². The van der Waals surface area contributed by atoms with Crippen LogP contribution in [0.15, 0.2) is 47.1 Å². The van der Waals surface area contributed by atoms with Crippen LogP contribution in [0.1, 0.15) is 17.0 Å². The van der Waals surface area contributed by atoms with Gasteiger partial charge in [-0.3, -0.25) is 4.79 Å². The van der Waals surface area contributed by atoms with Crippen molar-refractivity contribution in [3.63, 3.8) is 0 Å². The summed E-state index contributed by atoms with van der Waals surface area (Å²) >= 11 is 0. The average molecular weight is 260 g/mol. The van der Waals surface area contributed by atoms with Crippen LogP contribution in [0.5, 0.6) is 5.75 Å². The number of carbonyl (C=O) groups is 1. The summed E-state index contributed by atoms with van der Waals surface area (Å²) in [7, 11) is 0. The van der Waals surface area contributed by atoms with Gasteiger partial charge < -0.3 is 20.2 Å². The van der Waals surface area contributed by atoms with E-state index in [4.69, 9.17) is 14.9 Å². The van der Waals surface area contributed by atoms with Crippen LogP contribution in [-0.4, -0.2) is 19.1 Å². The fraction of sp³-hybridized carbons (Fsp3) is 0.214. The van der Waals surface area contributed by atoms with E-state index in [1.807, 2.05) is 12.1 Å².